The van der Waals surface area contributed by atoms with Crippen LogP contribution in [0.4, 0.5) is 0 Å². The van der Waals surface area contributed by atoms with Crippen molar-refractivity contribution in [3.63, 3.8) is 0 Å². The van der Waals surface area contributed by atoms with Gasteiger partial charge in [0.25, 0.3) is 6.10 Å². The molecule has 3 N–H and O–H groups in total. The zero-order valence-electron chi connectivity index (χ0n) is 7.17. The van der Waals surface area contributed by atoms with Gasteiger partial charge in [-0.25, -0.2) is 14.4 Å². The quantitative estimate of drug-likeness (QED) is 0.258. The number of hydrogen-bond acceptors (Lipinski definition) is 8. The second kappa shape index (κ2) is 4.35. The van der Waals surface area contributed by atoms with Crippen LogP contribution >= 0.6 is 0 Å². The Morgan fingerprint density at radius 2 is 1.69 bits per heavy atom. The maximum atomic E-state index is 10.4. The highest BCUT2D eigenvalue weighted by molar-refractivity contribution is 5.85. The van der Waals surface area contributed by atoms with Crippen LogP contribution in [0.1, 0.15) is 0 Å². The predicted molar refractivity (Wildman–Crippen MR) is 39.1 cm³/mol. The van der Waals surface area contributed by atoms with Crippen molar-refractivity contribution < 1.29 is 39.8 Å². The lowest BCUT2D eigenvalue weighted by Gasteiger charge is -2.20. The molecule has 0 aliphatic heterocycles. The molecule has 0 aromatic rings. The third-order valence-corrected chi connectivity index (χ3v) is 1.40. The Morgan fingerprint density at radius 3 is 1.88 bits per heavy atom. The van der Waals surface area contributed by atoms with Gasteiger partial charge in [0.1, 0.15) is 0 Å². The molecule has 0 fully saturated rings. The molecule has 0 aromatic carbocycles. The third-order valence-electron chi connectivity index (χ3n) is 1.40. The molecular formula is C4H4N2O10. The molecule has 0 aliphatic rings. The molecule has 12 heteroatoms. The first-order valence-corrected chi connectivity index (χ1v) is 3.28. The maximum absolute atomic E-state index is 10.4. The van der Waals surface area contributed by atoms with E-state index < -0.39 is 33.8 Å². The molecule has 0 aromatic heterocycles. The van der Waals surface area contributed by atoms with Crippen LogP contribution in [0, 0.1) is 20.2 Å². The number of aliphatic hydroxyl groups is 1. The van der Waals surface area contributed by atoms with Gasteiger partial charge in [0, 0.05) is 0 Å². The van der Waals surface area contributed by atoms with Crippen LogP contribution < -0.4 is 0 Å². The summed E-state index contributed by atoms with van der Waals surface area (Å²) in [6, 6.07) is 0. The number of rotatable bonds is 6. The highest BCUT2D eigenvalue weighted by Gasteiger charge is 2.65. The highest BCUT2D eigenvalue weighted by atomic mass is 17.0. The number of carboxylic acid groups (broad SMARTS) is 2. The molecule has 0 heterocycles. The van der Waals surface area contributed by atoms with Crippen LogP contribution in [0.3, 0.4) is 0 Å². The Morgan fingerprint density at radius 1 is 1.25 bits per heavy atom. The summed E-state index contributed by atoms with van der Waals surface area (Å²) in [5.74, 6) is -4.98. The lowest BCUT2D eigenvalue weighted by molar-refractivity contribution is -0.845. The van der Waals surface area contributed by atoms with Gasteiger partial charge in [0.2, 0.25) is 0 Å². The van der Waals surface area contributed by atoms with E-state index >= 15 is 0 Å². The Balaban J connectivity index is 5.61. The average molecular weight is 240 g/mol. The predicted octanol–water partition coefficient (Wildman–Crippen LogP) is -2.30. The number of carbonyl (C=O) groups is 2. The number of aliphatic hydroxyl groups excluding tert-OH is 1. The van der Waals surface area contributed by atoms with Crippen LogP contribution in [0.15, 0.2) is 0 Å². The molecule has 12 nitrogen and oxygen atoms in total. The molecule has 90 valence electrons. The van der Waals surface area contributed by atoms with Crippen LogP contribution in [-0.2, 0) is 14.4 Å². The summed E-state index contributed by atoms with van der Waals surface area (Å²) >= 11 is 0. The van der Waals surface area contributed by atoms with E-state index in [4.69, 9.17) is 15.3 Å². The van der Waals surface area contributed by atoms with Crippen molar-refractivity contribution in [3.8, 4) is 0 Å². The summed E-state index contributed by atoms with van der Waals surface area (Å²) in [7, 11) is 0. The van der Waals surface area contributed by atoms with E-state index in [0.717, 1.165) is 0 Å². The second-order valence-electron chi connectivity index (χ2n) is 2.31. The molecule has 0 aliphatic carbocycles. The van der Waals surface area contributed by atoms with Crippen molar-refractivity contribution in [1.29, 1.82) is 0 Å². The van der Waals surface area contributed by atoms with E-state index in [1.807, 2.05) is 0 Å². The SMILES string of the molecule is O=C(O)C(O)C(O[N+](=O)[O-])(C(=O)O)[N+](=O)[O-]. The molecule has 0 amide bonds. The minimum atomic E-state index is -4.10. The largest absolute Gasteiger partial charge is 0.493 e. The van der Waals surface area contributed by atoms with Gasteiger partial charge in [-0.3, -0.25) is 10.1 Å². The monoisotopic (exact) mass is 240 g/mol. The molecule has 0 saturated carbocycles. The van der Waals surface area contributed by atoms with Crippen molar-refractivity contribution >= 4 is 11.9 Å². The van der Waals surface area contributed by atoms with Crippen LogP contribution in [-0.4, -0.2) is 49.1 Å². The van der Waals surface area contributed by atoms with Crippen LogP contribution in [0.5, 0.6) is 0 Å². The lowest BCUT2D eigenvalue weighted by atomic mass is 10.1. The number of hydrogen-bond donors (Lipinski definition) is 3. The molecule has 0 rings (SSSR count). The van der Waals surface area contributed by atoms with E-state index in [9.17, 15) is 29.8 Å². The topological polar surface area (TPSA) is 190 Å². The van der Waals surface area contributed by atoms with E-state index in [-0.39, 0.29) is 0 Å². The zero-order chi connectivity index (χ0) is 13.1. The molecule has 2 unspecified atom stereocenters. The molecular weight excluding hydrogens is 236 g/mol. The van der Waals surface area contributed by atoms with Crippen LogP contribution in [0.2, 0.25) is 0 Å². The maximum Gasteiger partial charge on any atom is 0.493 e. The first kappa shape index (κ1) is 13.5. The third kappa shape index (κ3) is 2.11. The molecule has 0 radical (unpaired) electrons. The molecule has 0 saturated heterocycles. The van der Waals surface area contributed by atoms with Crippen molar-refractivity contribution in [3.05, 3.63) is 20.2 Å². The highest BCUT2D eigenvalue weighted by Crippen LogP contribution is 2.19. The fraction of sp³-hybridized carbons (Fsp3) is 0.500. The summed E-state index contributed by atoms with van der Waals surface area (Å²) < 4.78 is 0. The number of aliphatic carboxylic acids is 2. The van der Waals surface area contributed by atoms with Crippen LogP contribution in [0.25, 0.3) is 0 Å². The standard InChI is InChI=1S/C4H4N2O10/c7-1(2(8)9)4(3(10)11,5(12)13)16-6(14)15/h1,7H,(H,8,9)(H,10,11). The zero-order valence-corrected chi connectivity index (χ0v) is 7.17. The minimum absolute atomic E-state index is 1.89. The molecule has 0 spiro atoms. The van der Waals surface area contributed by atoms with Gasteiger partial charge in [-0.1, -0.05) is 0 Å². The minimum Gasteiger partial charge on any atom is -0.479 e. The average Bonchev–Trinajstić information content (AvgIpc) is 2.11. The molecule has 0 bridgehead atoms. The van der Waals surface area contributed by atoms with E-state index in [0.29, 0.717) is 0 Å². The molecule has 16 heavy (non-hydrogen) atoms. The Kier molecular flexibility index (Phi) is 3.67. The normalized spacial score (nSPS) is 15.6. The van der Waals surface area contributed by atoms with E-state index in [2.05, 4.69) is 4.84 Å². The Bertz CT molecular complexity index is 335. The Hall–Kier alpha value is -2.50. The van der Waals surface area contributed by atoms with Gasteiger partial charge in [0.15, 0.2) is 0 Å². The molecule has 2 atom stereocenters. The van der Waals surface area contributed by atoms with Gasteiger partial charge in [-0.05, 0) is 0 Å². The summed E-state index contributed by atoms with van der Waals surface area (Å²) in [6.45, 7) is 0. The van der Waals surface area contributed by atoms with Gasteiger partial charge < -0.3 is 15.3 Å². The first-order valence-electron chi connectivity index (χ1n) is 3.28. The fourth-order valence-corrected chi connectivity index (χ4v) is 0.698. The van der Waals surface area contributed by atoms with E-state index in [1.165, 1.54) is 0 Å². The Labute approximate surface area is 84.9 Å². The first-order chi connectivity index (χ1) is 7.16. The summed E-state index contributed by atoms with van der Waals surface area (Å²) in [5.41, 5.74) is -4.10. The van der Waals surface area contributed by atoms with Crippen molar-refractivity contribution in [2.45, 2.75) is 11.8 Å². The van der Waals surface area contributed by atoms with Gasteiger partial charge in [-0.2, -0.15) is 0 Å². The number of carboxylic acids is 2. The number of nitrogens with zero attached hydrogens (tertiary/aromatic N) is 2. The van der Waals surface area contributed by atoms with Gasteiger partial charge in [-0.15, -0.1) is 10.1 Å². The fourth-order valence-electron chi connectivity index (χ4n) is 0.698. The van der Waals surface area contributed by atoms with Crippen molar-refractivity contribution in [2.75, 3.05) is 0 Å². The number of nitro groups is 1. The van der Waals surface area contributed by atoms with Crippen molar-refractivity contribution in [2.24, 2.45) is 0 Å². The lowest BCUT2D eigenvalue weighted by Crippen LogP contribution is -2.61. The van der Waals surface area contributed by atoms with Gasteiger partial charge in [0.05, 0.1) is 4.92 Å². The summed E-state index contributed by atoms with van der Waals surface area (Å²) in [5, 5.41) is 43.6. The van der Waals surface area contributed by atoms with Crippen molar-refractivity contribution in [1.82, 2.24) is 0 Å². The smallest absolute Gasteiger partial charge is 0.479 e. The summed E-state index contributed by atoms with van der Waals surface area (Å²) in [6.07, 6.45) is -3.24. The second-order valence-corrected chi connectivity index (χ2v) is 2.31. The summed E-state index contributed by atoms with van der Waals surface area (Å²) in [4.78, 5) is 42.1. The van der Waals surface area contributed by atoms with Gasteiger partial charge >= 0.3 is 22.8 Å². The van der Waals surface area contributed by atoms with E-state index in [1.54, 1.807) is 0 Å².